The maximum atomic E-state index is 10.1. The van der Waals surface area contributed by atoms with Gasteiger partial charge in [0.25, 0.3) is 0 Å². The molecule has 1 unspecified atom stereocenters. The number of aliphatic hydroxyl groups excluding tert-OH is 1. The van der Waals surface area contributed by atoms with Crippen LogP contribution in [0.15, 0.2) is 24.3 Å². The highest BCUT2D eigenvalue weighted by Gasteiger charge is 2.13. The lowest BCUT2D eigenvalue weighted by Crippen LogP contribution is -2.38. The molecule has 0 heterocycles. The molecule has 0 aliphatic carbocycles. The molecule has 3 nitrogen and oxygen atoms in total. The number of ether oxygens (including phenoxy) is 1. The fourth-order valence-corrected chi connectivity index (χ4v) is 1.56. The number of hydrogen-bond acceptors (Lipinski definition) is 3. The molecule has 0 aliphatic heterocycles. The summed E-state index contributed by atoms with van der Waals surface area (Å²) in [4.78, 5) is 0. The molecule has 0 fully saturated rings. The van der Waals surface area contributed by atoms with Gasteiger partial charge >= 0.3 is 0 Å². The van der Waals surface area contributed by atoms with Crippen molar-refractivity contribution in [3.63, 3.8) is 0 Å². The molecular formula is C15H25NO2. The van der Waals surface area contributed by atoms with E-state index in [1.807, 2.05) is 38.1 Å². The SMILES string of the molecule is CC(C)Oc1ccc(C(O)CNC(C)(C)C)cc1. The molecular weight excluding hydrogens is 226 g/mol. The first-order chi connectivity index (χ1) is 8.28. The Labute approximate surface area is 110 Å². The van der Waals surface area contributed by atoms with E-state index in [4.69, 9.17) is 4.74 Å². The van der Waals surface area contributed by atoms with Gasteiger partial charge in [-0.05, 0) is 52.3 Å². The van der Waals surface area contributed by atoms with Gasteiger partial charge in [0, 0.05) is 12.1 Å². The van der Waals surface area contributed by atoms with E-state index >= 15 is 0 Å². The Morgan fingerprint density at radius 1 is 1.17 bits per heavy atom. The molecule has 0 aliphatic rings. The molecule has 3 heteroatoms. The number of hydrogen-bond donors (Lipinski definition) is 2. The maximum Gasteiger partial charge on any atom is 0.119 e. The molecule has 0 saturated carbocycles. The number of benzene rings is 1. The van der Waals surface area contributed by atoms with Gasteiger partial charge in [-0.2, -0.15) is 0 Å². The van der Waals surface area contributed by atoms with Crippen LogP contribution in [-0.2, 0) is 0 Å². The molecule has 1 aromatic carbocycles. The molecule has 18 heavy (non-hydrogen) atoms. The van der Waals surface area contributed by atoms with Crippen molar-refractivity contribution in [1.82, 2.24) is 5.32 Å². The van der Waals surface area contributed by atoms with Crippen molar-refractivity contribution in [3.05, 3.63) is 29.8 Å². The highest BCUT2D eigenvalue weighted by molar-refractivity contribution is 5.28. The zero-order valence-electron chi connectivity index (χ0n) is 12.0. The van der Waals surface area contributed by atoms with Crippen LogP contribution in [0.5, 0.6) is 5.75 Å². The zero-order valence-corrected chi connectivity index (χ0v) is 12.0. The minimum atomic E-state index is -0.489. The van der Waals surface area contributed by atoms with Crippen LogP contribution in [-0.4, -0.2) is 23.3 Å². The first-order valence-corrected chi connectivity index (χ1v) is 6.47. The topological polar surface area (TPSA) is 41.5 Å². The molecule has 102 valence electrons. The van der Waals surface area contributed by atoms with Crippen molar-refractivity contribution in [2.75, 3.05) is 6.54 Å². The van der Waals surface area contributed by atoms with E-state index in [0.717, 1.165) is 11.3 Å². The number of nitrogens with one attached hydrogen (secondary N) is 1. The van der Waals surface area contributed by atoms with Crippen molar-refractivity contribution in [2.24, 2.45) is 0 Å². The summed E-state index contributed by atoms with van der Waals surface area (Å²) in [7, 11) is 0. The van der Waals surface area contributed by atoms with Crippen LogP contribution < -0.4 is 10.1 Å². The van der Waals surface area contributed by atoms with Crippen LogP contribution in [0.4, 0.5) is 0 Å². The van der Waals surface area contributed by atoms with Crippen molar-refractivity contribution >= 4 is 0 Å². The third-order valence-corrected chi connectivity index (χ3v) is 2.46. The Morgan fingerprint density at radius 2 is 1.72 bits per heavy atom. The van der Waals surface area contributed by atoms with Crippen LogP contribution >= 0.6 is 0 Å². The Balaban J connectivity index is 2.56. The summed E-state index contributed by atoms with van der Waals surface area (Å²) in [6, 6.07) is 7.62. The second-order valence-electron chi connectivity index (χ2n) is 5.88. The highest BCUT2D eigenvalue weighted by atomic mass is 16.5. The minimum absolute atomic E-state index is 0.0156. The lowest BCUT2D eigenvalue weighted by atomic mass is 10.1. The fourth-order valence-electron chi connectivity index (χ4n) is 1.56. The lowest BCUT2D eigenvalue weighted by Gasteiger charge is -2.23. The molecule has 2 N–H and O–H groups in total. The summed E-state index contributed by atoms with van der Waals surface area (Å²) >= 11 is 0. The van der Waals surface area contributed by atoms with Gasteiger partial charge in [-0.25, -0.2) is 0 Å². The second-order valence-corrected chi connectivity index (χ2v) is 5.88. The predicted molar refractivity (Wildman–Crippen MR) is 74.9 cm³/mol. The normalized spacial score (nSPS) is 13.7. The number of aliphatic hydroxyl groups is 1. The van der Waals surface area contributed by atoms with Crippen LogP contribution in [0.1, 0.15) is 46.3 Å². The largest absolute Gasteiger partial charge is 0.491 e. The first-order valence-electron chi connectivity index (χ1n) is 6.47. The quantitative estimate of drug-likeness (QED) is 0.845. The number of rotatable bonds is 5. The number of β-amino-alcohol motifs (C(OH)–C–C–N with tert-alkyl or cyclic N) is 1. The van der Waals surface area contributed by atoms with Gasteiger partial charge in [-0.3, -0.25) is 0 Å². The van der Waals surface area contributed by atoms with Gasteiger partial charge < -0.3 is 15.2 Å². The average Bonchev–Trinajstić information content (AvgIpc) is 2.25. The minimum Gasteiger partial charge on any atom is -0.491 e. The van der Waals surface area contributed by atoms with Gasteiger partial charge in [0.05, 0.1) is 12.2 Å². The van der Waals surface area contributed by atoms with E-state index in [1.165, 1.54) is 0 Å². The molecule has 0 radical (unpaired) electrons. The summed E-state index contributed by atoms with van der Waals surface area (Å²) in [6.45, 7) is 10.8. The van der Waals surface area contributed by atoms with Crippen molar-refractivity contribution in [1.29, 1.82) is 0 Å². The van der Waals surface area contributed by atoms with E-state index < -0.39 is 6.10 Å². The van der Waals surface area contributed by atoms with E-state index in [1.54, 1.807) is 0 Å². The summed E-state index contributed by atoms with van der Waals surface area (Å²) in [5.74, 6) is 0.838. The van der Waals surface area contributed by atoms with Crippen LogP contribution in [0.3, 0.4) is 0 Å². The van der Waals surface area contributed by atoms with E-state index in [2.05, 4.69) is 26.1 Å². The van der Waals surface area contributed by atoms with Crippen molar-refractivity contribution < 1.29 is 9.84 Å². The monoisotopic (exact) mass is 251 g/mol. The molecule has 0 bridgehead atoms. The van der Waals surface area contributed by atoms with E-state index in [-0.39, 0.29) is 11.6 Å². The summed E-state index contributed by atoms with van der Waals surface area (Å²) < 4.78 is 5.57. The van der Waals surface area contributed by atoms with Gasteiger partial charge in [0.2, 0.25) is 0 Å². The zero-order chi connectivity index (χ0) is 13.8. The first kappa shape index (κ1) is 15.0. The van der Waals surface area contributed by atoms with Crippen LogP contribution in [0.25, 0.3) is 0 Å². The Bertz CT molecular complexity index is 352. The molecule has 1 aromatic rings. The molecule has 0 aromatic heterocycles. The second kappa shape index (κ2) is 6.21. The van der Waals surface area contributed by atoms with Crippen molar-refractivity contribution in [3.8, 4) is 5.75 Å². The average molecular weight is 251 g/mol. The Morgan fingerprint density at radius 3 is 2.17 bits per heavy atom. The standard InChI is InChI=1S/C15H25NO2/c1-11(2)18-13-8-6-12(7-9-13)14(17)10-16-15(3,4)5/h6-9,11,14,16-17H,10H2,1-5H3. The molecule has 0 spiro atoms. The smallest absolute Gasteiger partial charge is 0.119 e. The predicted octanol–water partition coefficient (Wildman–Crippen LogP) is 2.90. The van der Waals surface area contributed by atoms with E-state index in [9.17, 15) is 5.11 Å². The molecule has 0 saturated heterocycles. The summed E-state index contributed by atoms with van der Waals surface area (Å²) in [5, 5.41) is 13.3. The van der Waals surface area contributed by atoms with Crippen LogP contribution in [0, 0.1) is 0 Å². The Hall–Kier alpha value is -1.06. The van der Waals surface area contributed by atoms with Crippen molar-refractivity contribution in [2.45, 2.75) is 52.4 Å². The van der Waals surface area contributed by atoms with Gasteiger partial charge in [-0.15, -0.1) is 0 Å². The third-order valence-electron chi connectivity index (χ3n) is 2.46. The molecule has 0 amide bonds. The van der Waals surface area contributed by atoms with Crippen LogP contribution in [0.2, 0.25) is 0 Å². The third kappa shape index (κ3) is 5.52. The summed E-state index contributed by atoms with van der Waals surface area (Å²) in [5.41, 5.74) is 0.921. The fraction of sp³-hybridized carbons (Fsp3) is 0.600. The highest BCUT2D eigenvalue weighted by Crippen LogP contribution is 2.18. The summed E-state index contributed by atoms with van der Waals surface area (Å²) in [6.07, 6.45) is -0.319. The lowest BCUT2D eigenvalue weighted by molar-refractivity contribution is 0.163. The Kier molecular flexibility index (Phi) is 5.17. The van der Waals surface area contributed by atoms with Gasteiger partial charge in [-0.1, -0.05) is 12.1 Å². The van der Waals surface area contributed by atoms with Gasteiger partial charge in [0.15, 0.2) is 0 Å². The molecule has 1 rings (SSSR count). The van der Waals surface area contributed by atoms with E-state index in [0.29, 0.717) is 6.54 Å². The van der Waals surface area contributed by atoms with Gasteiger partial charge in [0.1, 0.15) is 5.75 Å². The molecule has 1 atom stereocenters. The maximum absolute atomic E-state index is 10.1.